The molecule has 1 aromatic heterocycles. The van der Waals surface area contributed by atoms with Crippen molar-refractivity contribution in [3.05, 3.63) is 22.4 Å². The maximum Gasteiger partial charge on any atom is 0.198 e. The van der Waals surface area contributed by atoms with Gasteiger partial charge in [0.05, 0.1) is 11.5 Å². The summed E-state index contributed by atoms with van der Waals surface area (Å²) in [6.07, 6.45) is 2.38. The van der Waals surface area contributed by atoms with Crippen molar-refractivity contribution in [3.8, 4) is 0 Å². The molecule has 1 saturated heterocycles. The number of hydrogen-bond acceptors (Lipinski definition) is 4. The van der Waals surface area contributed by atoms with Crippen molar-refractivity contribution in [2.75, 3.05) is 19.8 Å². The minimum Gasteiger partial charge on any atom is -0.372 e. The number of ketones is 1. The molecule has 1 aliphatic heterocycles. The lowest BCUT2D eigenvalue weighted by Crippen LogP contribution is -2.27. The second-order valence-electron chi connectivity index (χ2n) is 3.71. The quantitative estimate of drug-likeness (QED) is 0.775. The first-order chi connectivity index (χ1) is 7.36. The Morgan fingerprint density at radius 1 is 1.67 bits per heavy atom. The first-order valence-electron chi connectivity index (χ1n) is 5.24. The molecular weight excluding hydrogens is 210 g/mol. The van der Waals surface area contributed by atoms with Crippen LogP contribution >= 0.6 is 11.3 Å². The third kappa shape index (κ3) is 3.12. The fraction of sp³-hybridized carbons (Fsp3) is 0.545. The lowest BCUT2D eigenvalue weighted by Gasteiger charge is -2.09. The highest BCUT2D eigenvalue weighted by Crippen LogP contribution is 2.10. The SMILES string of the molecule is O=C(COCC1CCCN1)c1cccs1. The van der Waals surface area contributed by atoms with Gasteiger partial charge in [-0.1, -0.05) is 6.07 Å². The molecule has 0 bridgehead atoms. The molecule has 0 spiro atoms. The Labute approximate surface area is 93.4 Å². The van der Waals surface area contributed by atoms with Gasteiger partial charge in [-0.2, -0.15) is 0 Å². The summed E-state index contributed by atoms with van der Waals surface area (Å²) in [4.78, 5) is 12.3. The number of carbonyl (C=O) groups is 1. The fourth-order valence-electron chi connectivity index (χ4n) is 1.70. The third-order valence-corrected chi connectivity index (χ3v) is 3.42. The Morgan fingerprint density at radius 3 is 3.27 bits per heavy atom. The van der Waals surface area contributed by atoms with Crippen LogP contribution in [0.4, 0.5) is 0 Å². The summed E-state index contributed by atoms with van der Waals surface area (Å²) in [7, 11) is 0. The molecule has 0 radical (unpaired) electrons. The number of ether oxygens (including phenoxy) is 1. The van der Waals surface area contributed by atoms with E-state index in [9.17, 15) is 4.79 Å². The minimum atomic E-state index is 0.0861. The van der Waals surface area contributed by atoms with Gasteiger partial charge < -0.3 is 10.1 Å². The molecule has 0 aliphatic carbocycles. The standard InChI is InChI=1S/C11H15NO2S/c13-10(11-4-2-6-15-11)8-14-7-9-3-1-5-12-9/h2,4,6,9,12H,1,3,5,7-8H2. The second-order valence-corrected chi connectivity index (χ2v) is 4.66. The number of rotatable bonds is 5. The average molecular weight is 225 g/mol. The van der Waals surface area contributed by atoms with Crippen molar-refractivity contribution in [2.45, 2.75) is 18.9 Å². The molecule has 1 aromatic rings. The van der Waals surface area contributed by atoms with Gasteiger partial charge in [0.1, 0.15) is 6.61 Å². The highest BCUT2D eigenvalue weighted by atomic mass is 32.1. The van der Waals surface area contributed by atoms with Gasteiger partial charge in [-0.3, -0.25) is 4.79 Å². The Kier molecular flexibility index (Phi) is 3.88. The van der Waals surface area contributed by atoms with E-state index in [2.05, 4.69) is 5.32 Å². The van der Waals surface area contributed by atoms with Crippen molar-refractivity contribution >= 4 is 17.1 Å². The Balaban J connectivity index is 1.67. The molecular formula is C11H15NO2S. The molecule has 82 valence electrons. The van der Waals surface area contributed by atoms with E-state index in [1.54, 1.807) is 0 Å². The van der Waals surface area contributed by atoms with E-state index in [4.69, 9.17) is 4.74 Å². The van der Waals surface area contributed by atoms with Crippen molar-refractivity contribution in [2.24, 2.45) is 0 Å². The van der Waals surface area contributed by atoms with Crippen LogP contribution in [0.3, 0.4) is 0 Å². The summed E-state index contributed by atoms with van der Waals surface area (Å²) >= 11 is 1.47. The molecule has 2 rings (SSSR count). The topological polar surface area (TPSA) is 38.3 Å². The molecule has 4 heteroatoms. The van der Waals surface area contributed by atoms with Crippen LogP contribution in [0, 0.1) is 0 Å². The molecule has 1 unspecified atom stereocenters. The first-order valence-corrected chi connectivity index (χ1v) is 6.12. The van der Waals surface area contributed by atoms with E-state index < -0.39 is 0 Å². The van der Waals surface area contributed by atoms with E-state index in [-0.39, 0.29) is 12.4 Å². The molecule has 15 heavy (non-hydrogen) atoms. The predicted octanol–water partition coefficient (Wildman–Crippen LogP) is 1.70. The highest BCUT2D eigenvalue weighted by molar-refractivity contribution is 7.12. The highest BCUT2D eigenvalue weighted by Gasteiger charge is 2.14. The Hall–Kier alpha value is -0.710. The molecule has 1 N–H and O–H groups in total. The minimum absolute atomic E-state index is 0.0861. The number of carbonyl (C=O) groups excluding carboxylic acids is 1. The van der Waals surface area contributed by atoms with Gasteiger partial charge in [-0.05, 0) is 30.8 Å². The van der Waals surface area contributed by atoms with E-state index in [0.717, 1.165) is 17.8 Å². The second kappa shape index (κ2) is 5.39. The van der Waals surface area contributed by atoms with E-state index in [1.165, 1.54) is 17.8 Å². The van der Waals surface area contributed by atoms with E-state index in [1.807, 2.05) is 17.5 Å². The molecule has 3 nitrogen and oxygen atoms in total. The number of hydrogen-bond donors (Lipinski definition) is 1. The van der Waals surface area contributed by atoms with Crippen molar-refractivity contribution in [1.29, 1.82) is 0 Å². The average Bonchev–Trinajstić information content (AvgIpc) is 2.90. The maximum absolute atomic E-state index is 11.5. The zero-order valence-corrected chi connectivity index (χ0v) is 9.39. The summed E-state index contributed by atoms with van der Waals surface area (Å²) < 4.78 is 5.40. The van der Waals surface area contributed by atoms with Gasteiger partial charge in [0.2, 0.25) is 0 Å². The Morgan fingerprint density at radius 2 is 2.60 bits per heavy atom. The normalized spacial score (nSPS) is 20.7. The zero-order chi connectivity index (χ0) is 10.5. The van der Waals surface area contributed by atoms with Crippen LogP contribution in [0.5, 0.6) is 0 Å². The summed E-state index contributed by atoms with van der Waals surface area (Å²) in [6, 6.07) is 4.17. The van der Waals surface area contributed by atoms with Gasteiger partial charge in [0.25, 0.3) is 0 Å². The summed E-state index contributed by atoms with van der Waals surface area (Å²) in [5, 5.41) is 5.24. The summed E-state index contributed by atoms with van der Waals surface area (Å²) in [5.41, 5.74) is 0. The fourth-order valence-corrected chi connectivity index (χ4v) is 2.35. The number of Topliss-reactive ketones (excluding diaryl/α,β-unsaturated/α-hetero) is 1. The number of nitrogens with one attached hydrogen (secondary N) is 1. The van der Waals surface area contributed by atoms with Gasteiger partial charge in [0.15, 0.2) is 5.78 Å². The molecule has 2 heterocycles. The monoisotopic (exact) mass is 225 g/mol. The number of thiophene rings is 1. The Bertz CT molecular complexity index is 304. The van der Waals surface area contributed by atoms with E-state index >= 15 is 0 Å². The van der Waals surface area contributed by atoms with Crippen LogP contribution in [0.2, 0.25) is 0 Å². The molecule has 1 atom stereocenters. The maximum atomic E-state index is 11.5. The van der Waals surface area contributed by atoms with Crippen LogP contribution in [-0.4, -0.2) is 31.6 Å². The molecule has 1 fully saturated rings. The summed E-state index contributed by atoms with van der Waals surface area (Å²) in [6.45, 7) is 1.93. The van der Waals surface area contributed by atoms with Crippen LogP contribution < -0.4 is 5.32 Å². The van der Waals surface area contributed by atoms with Crippen LogP contribution in [0.1, 0.15) is 22.5 Å². The summed E-state index contributed by atoms with van der Waals surface area (Å²) in [5.74, 6) is 0.0861. The van der Waals surface area contributed by atoms with Crippen molar-refractivity contribution < 1.29 is 9.53 Å². The van der Waals surface area contributed by atoms with Crippen LogP contribution in [0.15, 0.2) is 17.5 Å². The predicted molar refractivity (Wildman–Crippen MR) is 60.5 cm³/mol. The lowest BCUT2D eigenvalue weighted by molar-refractivity contribution is 0.0727. The van der Waals surface area contributed by atoms with Gasteiger partial charge in [0, 0.05) is 6.04 Å². The van der Waals surface area contributed by atoms with Crippen LogP contribution in [-0.2, 0) is 4.74 Å². The zero-order valence-electron chi connectivity index (χ0n) is 8.57. The van der Waals surface area contributed by atoms with Crippen molar-refractivity contribution in [1.82, 2.24) is 5.32 Å². The van der Waals surface area contributed by atoms with Gasteiger partial charge in [-0.15, -0.1) is 11.3 Å². The van der Waals surface area contributed by atoms with Gasteiger partial charge >= 0.3 is 0 Å². The molecule has 1 aliphatic rings. The molecule has 0 aromatic carbocycles. The van der Waals surface area contributed by atoms with E-state index in [0.29, 0.717) is 12.6 Å². The molecule has 0 saturated carbocycles. The third-order valence-electron chi connectivity index (χ3n) is 2.51. The van der Waals surface area contributed by atoms with Gasteiger partial charge in [-0.25, -0.2) is 0 Å². The smallest absolute Gasteiger partial charge is 0.198 e. The molecule has 0 amide bonds. The lowest BCUT2D eigenvalue weighted by atomic mass is 10.2. The largest absolute Gasteiger partial charge is 0.372 e. The van der Waals surface area contributed by atoms with Crippen LogP contribution in [0.25, 0.3) is 0 Å². The first kappa shape index (κ1) is 10.8. The van der Waals surface area contributed by atoms with Crippen molar-refractivity contribution in [3.63, 3.8) is 0 Å².